The minimum Gasteiger partial charge on any atom is -0.356 e. The van der Waals surface area contributed by atoms with Gasteiger partial charge in [0.25, 0.3) is 0 Å². The Hall–Kier alpha value is -2.11. The summed E-state index contributed by atoms with van der Waals surface area (Å²) in [5.41, 5.74) is -0.837. The van der Waals surface area contributed by atoms with Crippen LogP contribution in [0.4, 0.5) is 13.2 Å². The molecule has 6 nitrogen and oxygen atoms in total. The third kappa shape index (κ3) is 5.28. The predicted molar refractivity (Wildman–Crippen MR) is 105 cm³/mol. The highest BCUT2D eigenvalue weighted by Crippen LogP contribution is 2.33. The first-order valence-electron chi connectivity index (χ1n) is 8.26. The average molecular weight is 463 g/mol. The Bertz CT molecular complexity index is 1060. The second-order valence-electron chi connectivity index (χ2n) is 5.96. The molecule has 0 saturated heterocycles. The van der Waals surface area contributed by atoms with Crippen LogP contribution in [-0.2, 0) is 17.4 Å². The normalized spacial score (nSPS) is 11.8. The number of fused-ring (bicyclic) bond motifs is 1. The van der Waals surface area contributed by atoms with Crippen LogP contribution < -0.4 is 5.32 Å². The van der Waals surface area contributed by atoms with Gasteiger partial charge >= 0.3 is 6.18 Å². The van der Waals surface area contributed by atoms with E-state index in [1.165, 1.54) is 18.3 Å². The molecule has 3 rings (SSSR count). The Kier molecular flexibility index (Phi) is 6.49. The average Bonchev–Trinajstić information content (AvgIpc) is 3.26. The van der Waals surface area contributed by atoms with Gasteiger partial charge in [-0.3, -0.25) is 14.0 Å². The summed E-state index contributed by atoms with van der Waals surface area (Å²) in [6, 6.07) is 4.29. The van der Waals surface area contributed by atoms with E-state index >= 15 is 0 Å². The molecule has 1 amide bonds. The van der Waals surface area contributed by atoms with Crippen molar-refractivity contribution in [2.24, 2.45) is 0 Å². The second kappa shape index (κ2) is 8.72. The van der Waals surface area contributed by atoms with Gasteiger partial charge in [0.15, 0.2) is 16.6 Å². The number of nitrogens with zero attached hydrogens (tertiary/aromatic N) is 3. The summed E-state index contributed by atoms with van der Waals surface area (Å²) in [4.78, 5) is 24.8. The summed E-state index contributed by atoms with van der Waals surface area (Å²) in [7, 11) is 0. The summed E-state index contributed by atoms with van der Waals surface area (Å²) >= 11 is 8.18. The fourth-order valence-corrected chi connectivity index (χ4v) is 4.49. The minimum absolute atomic E-state index is 0.0136. The molecular formula is C17H14ClF3N4O2S2. The van der Waals surface area contributed by atoms with Crippen molar-refractivity contribution in [2.45, 2.75) is 24.7 Å². The molecule has 3 aromatic heterocycles. The lowest BCUT2D eigenvalue weighted by Gasteiger charge is -2.08. The molecule has 3 aromatic rings. The SMILES string of the molecule is CC(=O)NCCc1ccc(C(=O)CSc2nnc3c(Cl)cc(C(F)(F)F)cn23)s1. The molecule has 1 N–H and O–H groups in total. The maximum Gasteiger partial charge on any atom is 0.417 e. The van der Waals surface area contributed by atoms with Crippen LogP contribution in [0.15, 0.2) is 29.6 Å². The largest absolute Gasteiger partial charge is 0.417 e. The zero-order valence-corrected chi connectivity index (χ0v) is 17.3. The van der Waals surface area contributed by atoms with Crippen molar-refractivity contribution in [3.8, 4) is 0 Å². The van der Waals surface area contributed by atoms with Crippen molar-refractivity contribution >= 4 is 52.0 Å². The van der Waals surface area contributed by atoms with E-state index in [4.69, 9.17) is 11.6 Å². The van der Waals surface area contributed by atoms with Gasteiger partial charge in [0.1, 0.15) is 0 Å². The third-order valence-corrected chi connectivity index (χ3v) is 6.18. The Balaban J connectivity index is 1.69. The van der Waals surface area contributed by atoms with E-state index in [0.717, 1.165) is 33.3 Å². The van der Waals surface area contributed by atoms with Crippen molar-refractivity contribution in [3.63, 3.8) is 0 Å². The Labute approximate surface area is 176 Å². The van der Waals surface area contributed by atoms with Gasteiger partial charge in [-0.15, -0.1) is 21.5 Å². The van der Waals surface area contributed by atoms with Crippen molar-refractivity contribution in [1.29, 1.82) is 0 Å². The number of hydrogen-bond acceptors (Lipinski definition) is 6. The fourth-order valence-electron chi connectivity index (χ4n) is 2.41. The molecule has 0 aliphatic rings. The smallest absolute Gasteiger partial charge is 0.356 e. The maximum atomic E-state index is 13.0. The third-order valence-electron chi connectivity index (χ3n) is 3.77. The van der Waals surface area contributed by atoms with Crippen LogP contribution in [0.1, 0.15) is 27.0 Å². The molecule has 29 heavy (non-hydrogen) atoms. The number of Topliss-reactive ketones (excluding diaryl/α,β-unsaturated/α-hetero) is 1. The number of carbonyl (C=O) groups excluding carboxylic acids is 2. The summed E-state index contributed by atoms with van der Waals surface area (Å²) in [5, 5.41) is 10.3. The number of amides is 1. The van der Waals surface area contributed by atoms with Crippen molar-refractivity contribution in [1.82, 2.24) is 19.9 Å². The number of hydrogen-bond donors (Lipinski definition) is 1. The van der Waals surface area contributed by atoms with E-state index in [2.05, 4.69) is 15.5 Å². The molecule has 3 heterocycles. The molecule has 0 atom stereocenters. The molecule has 0 spiro atoms. The van der Waals surface area contributed by atoms with Crippen LogP contribution in [0, 0.1) is 0 Å². The summed E-state index contributed by atoms with van der Waals surface area (Å²) in [6.45, 7) is 1.91. The zero-order chi connectivity index (χ0) is 21.2. The van der Waals surface area contributed by atoms with Crippen molar-refractivity contribution in [2.75, 3.05) is 12.3 Å². The number of carbonyl (C=O) groups is 2. The molecule has 0 aliphatic carbocycles. The molecule has 0 saturated carbocycles. The zero-order valence-electron chi connectivity index (χ0n) is 14.9. The lowest BCUT2D eigenvalue weighted by molar-refractivity contribution is -0.137. The van der Waals surface area contributed by atoms with Crippen LogP contribution in [0.3, 0.4) is 0 Å². The molecule has 0 bridgehead atoms. The van der Waals surface area contributed by atoms with Gasteiger partial charge in [-0.25, -0.2) is 0 Å². The number of aromatic nitrogens is 3. The summed E-state index contributed by atoms with van der Waals surface area (Å²) in [5.74, 6) is -0.315. The lowest BCUT2D eigenvalue weighted by atomic mass is 10.3. The summed E-state index contributed by atoms with van der Waals surface area (Å²) < 4.78 is 40.2. The molecule has 154 valence electrons. The van der Waals surface area contributed by atoms with Gasteiger partial charge in [-0.05, 0) is 24.6 Å². The van der Waals surface area contributed by atoms with E-state index in [-0.39, 0.29) is 33.3 Å². The highest BCUT2D eigenvalue weighted by Gasteiger charge is 2.32. The number of alkyl halides is 3. The van der Waals surface area contributed by atoms with Crippen LogP contribution in [-0.4, -0.2) is 38.6 Å². The van der Waals surface area contributed by atoms with Crippen molar-refractivity contribution < 1.29 is 22.8 Å². The van der Waals surface area contributed by atoms with E-state index < -0.39 is 11.7 Å². The monoisotopic (exact) mass is 462 g/mol. The number of thiophene rings is 1. The van der Waals surface area contributed by atoms with E-state index in [1.807, 2.05) is 6.07 Å². The fraction of sp³-hybridized carbons (Fsp3) is 0.294. The number of thioether (sulfide) groups is 1. The lowest BCUT2D eigenvalue weighted by Crippen LogP contribution is -2.22. The van der Waals surface area contributed by atoms with Gasteiger partial charge in [-0.1, -0.05) is 23.4 Å². The first kappa shape index (κ1) is 21.6. The van der Waals surface area contributed by atoms with Crippen LogP contribution in [0.2, 0.25) is 5.02 Å². The van der Waals surface area contributed by atoms with Gasteiger partial charge in [-0.2, -0.15) is 13.2 Å². The first-order valence-corrected chi connectivity index (χ1v) is 10.4. The van der Waals surface area contributed by atoms with Crippen LogP contribution in [0.5, 0.6) is 0 Å². The minimum atomic E-state index is -4.57. The predicted octanol–water partition coefficient (Wildman–Crippen LogP) is 4.12. The highest BCUT2D eigenvalue weighted by molar-refractivity contribution is 7.99. The molecule has 0 aliphatic heterocycles. The van der Waals surface area contributed by atoms with Crippen LogP contribution in [0.25, 0.3) is 5.65 Å². The first-order chi connectivity index (χ1) is 13.6. The number of ketones is 1. The van der Waals surface area contributed by atoms with Gasteiger partial charge in [0.05, 0.1) is 21.2 Å². The molecule has 0 fully saturated rings. The number of pyridine rings is 1. The second-order valence-corrected chi connectivity index (χ2v) is 8.48. The molecule has 0 radical (unpaired) electrons. The van der Waals surface area contributed by atoms with E-state index in [9.17, 15) is 22.8 Å². The van der Waals surface area contributed by atoms with Gasteiger partial charge < -0.3 is 5.32 Å². The van der Waals surface area contributed by atoms with E-state index in [1.54, 1.807) is 6.07 Å². The number of rotatable bonds is 7. The number of halogens is 4. The Morgan fingerprint density at radius 1 is 1.31 bits per heavy atom. The molecule has 12 heteroatoms. The quantitative estimate of drug-likeness (QED) is 0.422. The number of nitrogens with one attached hydrogen (secondary N) is 1. The molecule has 0 unspecified atom stereocenters. The van der Waals surface area contributed by atoms with Crippen LogP contribution >= 0.6 is 34.7 Å². The molecular weight excluding hydrogens is 449 g/mol. The van der Waals surface area contributed by atoms with Crippen molar-refractivity contribution in [3.05, 3.63) is 44.7 Å². The van der Waals surface area contributed by atoms with Gasteiger partial charge in [0, 0.05) is 24.5 Å². The standard InChI is InChI=1S/C17H14ClF3N4O2S2/c1-9(26)22-5-4-11-2-3-14(29-11)13(27)8-28-16-24-23-15-12(18)6-10(7-25(15)16)17(19,20)21/h2-3,6-7H,4-5,8H2,1H3,(H,22,26). The van der Waals surface area contributed by atoms with Gasteiger partial charge in [0.2, 0.25) is 5.91 Å². The molecule has 0 aromatic carbocycles. The van der Waals surface area contributed by atoms with E-state index in [0.29, 0.717) is 17.8 Å². The maximum absolute atomic E-state index is 13.0. The Morgan fingerprint density at radius 3 is 2.76 bits per heavy atom. The highest BCUT2D eigenvalue weighted by atomic mass is 35.5. The summed E-state index contributed by atoms with van der Waals surface area (Å²) in [6.07, 6.45) is -3.10. The Morgan fingerprint density at radius 2 is 2.07 bits per heavy atom. The topological polar surface area (TPSA) is 76.4 Å².